The quantitative estimate of drug-likeness (QED) is 0.664. The van der Waals surface area contributed by atoms with Crippen molar-refractivity contribution in [2.45, 2.75) is 42.5 Å². The molecule has 1 aliphatic heterocycles. The van der Waals surface area contributed by atoms with E-state index in [0.29, 0.717) is 18.8 Å². The van der Waals surface area contributed by atoms with E-state index in [0.717, 1.165) is 18.4 Å². The van der Waals surface area contributed by atoms with Crippen molar-refractivity contribution in [3.05, 3.63) is 54.1 Å². The lowest BCUT2D eigenvalue weighted by atomic mass is 9.97. The molecule has 0 aliphatic carbocycles. The van der Waals surface area contributed by atoms with Crippen molar-refractivity contribution in [3.8, 4) is 5.75 Å². The lowest BCUT2D eigenvalue weighted by Gasteiger charge is -2.23. The van der Waals surface area contributed by atoms with E-state index in [2.05, 4.69) is 4.72 Å². The SMILES string of the molecule is COc1ccc(C(NS(=O)(=O)c2ccc(S(=O)(=O)N3CCCC3)cc2)C(C)C)cc1. The fraction of sp³-hybridized carbons (Fsp3) is 0.429. The zero-order valence-electron chi connectivity index (χ0n) is 17.4. The van der Waals surface area contributed by atoms with Gasteiger partial charge >= 0.3 is 0 Å². The first kappa shape index (κ1) is 22.7. The zero-order valence-corrected chi connectivity index (χ0v) is 19.0. The van der Waals surface area contributed by atoms with Gasteiger partial charge in [0.25, 0.3) is 0 Å². The molecule has 1 aliphatic rings. The molecule has 1 fully saturated rings. The molecule has 0 saturated carbocycles. The van der Waals surface area contributed by atoms with Gasteiger partial charge in [-0.2, -0.15) is 4.31 Å². The fourth-order valence-electron chi connectivity index (χ4n) is 3.50. The maximum atomic E-state index is 13.0. The Hall–Kier alpha value is -1.94. The van der Waals surface area contributed by atoms with Crippen molar-refractivity contribution in [1.82, 2.24) is 9.03 Å². The predicted octanol–water partition coefficient (Wildman–Crippen LogP) is 3.16. The van der Waals surface area contributed by atoms with Crippen LogP contribution in [0.3, 0.4) is 0 Å². The third-order valence-corrected chi connectivity index (χ3v) is 8.63. The summed E-state index contributed by atoms with van der Waals surface area (Å²) in [5.41, 5.74) is 0.822. The van der Waals surface area contributed by atoms with Crippen LogP contribution in [0.5, 0.6) is 5.75 Å². The number of sulfonamides is 2. The van der Waals surface area contributed by atoms with Crippen molar-refractivity contribution in [3.63, 3.8) is 0 Å². The molecule has 0 amide bonds. The fourth-order valence-corrected chi connectivity index (χ4v) is 6.39. The second-order valence-corrected chi connectivity index (χ2v) is 11.4. The van der Waals surface area contributed by atoms with Gasteiger partial charge in [0.05, 0.1) is 16.9 Å². The first-order chi connectivity index (χ1) is 14.1. The number of ether oxygens (including phenoxy) is 1. The molecule has 1 saturated heterocycles. The van der Waals surface area contributed by atoms with Crippen molar-refractivity contribution in [2.75, 3.05) is 20.2 Å². The Kier molecular flexibility index (Phi) is 6.86. The van der Waals surface area contributed by atoms with Crippen LogP contribution in [-0.4, -0.2) is 41.3 Å². The van der Waals surface area contributed by atoms with Crippen molar-refractivity contribution < 1.29 is 21.6 Å². The molecule has 30 heavy (non-hydrogen) atoms. The number of hydrogen-bond acceptors (Lipinski definition) is 5. The van der Waals surface area contributed by atoms with Crippen LogP contribution in [0.2, 0.25) is 0 Å². The van der Waals surface area contributed by atoms with Crippen LogP contribution in [0.15, 0.2) is 58.3 Å². The highest BCUT2D eigenvalue weighted by Gasteiger charge is 2.28. The van der Waals surface area contributed by atoms with Crippen LogP contribution in [-0.2, 0) is 20.0 Å². The summed E-state index contributed by atoms with van der Waals surface area (Å²) in [5, 5.41) is 0. The molecule has 3 rings (SSSR count). The van der Waals surface area contributed by atoms with Crippen LogP contribution < -0.4 is 9.46 Å². The van der Waals surface area contributed by atoms with Gasteiger partial charge in [0, 0.05) is 19.1 Å². The Bertz CT molecular complexity index is 1060. The molecule has 2 aromatic rings. The van der Waals surface area contributed by atoms with Gasteiger partial charge in [0.1, 0.15) is 5.75 Å². The van der Waals surface area contributed by atoms with Gasteiger partial charge in [-0.05, 0) is 60.7 Å². The summed E-state index contributed by atoms with van der Waals surface area (Å²) in [6.07, 6.45) is 1.69. The van der Waals surface area contributed by atoms with E-state index >= 15 is 0 Å². The highest BCUT2D eigenvalue weighted by atomic mass is 32.2. The second kappa shape index (κ2) is 9.05. The molecule has 1 unspecified atom stereocenters. The highest BCUT2D eigenvalue weighted by molar-refractivity contribution is 7.89. The minimum absolute atomic E-state index is 0.00277. The number of rotatable bonds is 8. The Balaban J connectivity index is 1.83. The molecule has 2 aromatic carbocycles. The van der Waals surface area contributed by atoms with E-state index in [1.807, 2.05) is 26.0 Å². The summed E-state index contributed by atoms with van der Waals surface area (Å²) in [4.78, 5) is 0.140. The van der Waals surface area contributed by atoms with Crippen LogP contribution >= 0.6 is 0 Å². The van der Waals surface area contributed by atoms with E-state index < -0.39 is 26.1 Å². The lowest BCUT2D eigenvalue weighted by molar-refractivity contribution is 0.413. The summed E-state index contributed by atoms with van der Waals surface area (Å²) in [7, 11) is -5.85. The van der Waals surface area contributed by atoms with E-state index in [-0.39, 0.29) is 15.7 Å². The molecule has 0 radical (unpaired) electrons. The first-order valence-electron chi connectivity index (χ1n) is 9.91. The number of hydrogen-bond donors (Lipinski definition) is 1. The van der Waals surface area contributed by atoms with Gasteiger partial charge in [-0.15, -0.1) is 0 Å². The molecule has 164 valence electrons. The van der Waals surface area contributed by atoms with Crippen molar-refractivity contribution in [1.29, 1.82) is 0 Å². The third kappa shape index (κ3) is 4.85. The molecular formula is C21H28N2O5S2. The van der Waals surface area contributed by atoms with E-state index in [1.165, 1.54) is 28.6 Å². The van der Waals surface area contributed by atoms with Crippen LogP contribution in [0, 0.1) is 5.92 Å². The summed E-state index contributed by atoms with van der Waals surface area (Å²) in [5.74, 6) is 0.696. The molecule has 1 N–H and O–H groups in total. The van der Waals surface area contributed by atoms with Crippen LogP contribution in [0.25, 0.3) is 0 Å². The van der Waals surface area contributed by atoms with Gasteiger partial charge in [-0.3, -0.25) is 0 Å². The van der Waals surface area contributed by atoms with Crippen LogP contribution in [0.4, 0.5) is 0 Å². The molecule has 0 spiro atoms. The molecule has 0 aromatic heterocycles. The largest absolute Gasteiger partial charge is 0.497 e. The topological polar surface area (TPSA) is 92.8 Å². The van der Waals surface area contributed by atoms with Gasteiger partial charge in [-0.25, -0.2) is 21.6 Å². The smallest absolute Gasteiger partial charge is 0.243 e. The molecular weight excluding hydrogens is 424 g/mol. The summed E-state index contributed by atoms with van der Waals surface area (Å²) in [6, 6.07) is 12.2. The van der Waals surface area contributed by atoms with Gasteiger partial charge < -0.3 is 4.74 Å². The maximum absolute atomic E-state index is 13.0. The normalized spacial score (nSPS) is 16.7. The molecule has 1 atom stereocenters. The summed E-state index contributed by atoms with van der Waals surface area (Å²) < 4.78 is 60.6. The van der Waals surface area contributed by atoms with Crippen molar-refractivity contribution >= 4 is 20.0 Å². The first-order valence-corrected chi connectivity index (χ1v) is 12.8. The maximum Gasteiger partial charge on any atom is 0.243 e. The Labute approximate surface area is 179 Å². The molecule has 1 heterocycles. The third-order valence-electron chi connectivity index (χ3n) is 5.26. The number of nitrogens with zero attached hydrogens (tertiary/aromatic N) is 1. The number of benzene rings is 2. The van der Waals surface area contributed by atoms with Gasteiger partial charge in [-0.1, -0.05) is 26.0 Å². The zero-order chi connectivity index (χ0) is 21.9. The minimum atomic E-state index is -3.84. The second-order valence-electron chi connectivity index (χ2n) is 7.70. The summed E-state index contributed by atoms with van der Waals surface area (Å²) in [6.45, 7) is 4.87. The van der Waals surface area contributed by atoms with Crippen LogP contribution in [0.1, 0.15) is 38.3 Å². The standard InChI is InChI=1S/C21H28N2O5S2/c1-16(2)21(17-6-8-18(28-3)9-7-17)22-29(24,25)19-10-12-20(13-11-19)30(26,27)23-14-4-5-15-23/h6-13,16,21-22H,4-5,14-15H2,1-3H3. The minimum Gasteiger partial charge on any atom is -0.497 e. The van der Waals surface area contributed by atoms with Gasteiger partial charge in [0.15, 0.2) is 0 Å². The van der Waals surface area contributed by atoms with E-state index in [4.69, 9.17) is 4.74 Å². The van der Waals surface area contributed by atoms with E-state index in [1.54, 1.807) is 19.2 Å². The Morgan fingerprint density at radius 1 is 0.867 bits per heavy atom. The Morgan fingerprint density at radius 3 is 1.90 bits per heavy atom. The predicted molar refractivity (Wildman–Crippen MR) is 115 cm³/mol. The Morgan fingerprint density at radius 2 is 1.40 bits per heavy atom. The number of nitrogens with one attached hydrogen (secondary N) is 1. The summed E-state index contributed by atoms with van der Waals surface area (Å²) >= 11 is 0. The number of methoxy groups -OCH3 is 1. The van der Waals surface area contributed by atoms with Crippen molar-refractivity contribution in [2.24, 2.45) is 5.92 Å². The van der Waals surface area contributed by atoms with Gasteiger partial charge in [0.2, 0.25) is 20.0 Å². The monoisotopic (exact) mass is 452 g/mol. The molecule has 7 nitrogen and oxygen atoms in total. The molecule has 0 bridgehead atoms. The average Bonchev–Trinajstić information content (AvgIpc) is 3.28. The molecule has 9 heteroatoms. The highest BCUT2D eigenvalue weighted by Crippen LogP contribution is 2.27. The van der Waals surface area contributed by atoms with E-state index in [9.17, 15) is 16.8 Å². The average molecular weight is 453 g/mol. The lowest BCUT2D eigenvalue weighted by Crippen LogP contribution is -2.32.